The van der Waals surface area contributed by atoms with Gasteiger partial charge >= 0.3 is 0 Å². The largest absolute Gasteiger partial charge is 0.497 e. The molecule has 0 aliphatic carbocycles. The van der Waals surface area contributed by atoms with Gasteiger partial charge in [0.05, 0.1) is 20.3 Å². The van der Waals surface area contributed by atoms with Crippen LogP contribution in [-0.4, -0.2) is 21.3 Å². The maximum Gasteiger partial charge on any atom is 0.124 e. The minimum atomic E-state index is 0.120. The van der Waals surface area contributed by atoms with Crippen molar-refractivity contribution < 1.29 is 9.47 Å². The van der Waals surface area contributed by atoms with Gasteiger partial charge in [-0.15, -0.1) is 11.3 Å². The molecule has 0 aliphatic rings. The van der Waals surface area contributed by atoms with Gasteiger partial charge in [0.15, 0.2) is 0 Å². The van der Waals surface area contributed by atoms with Crippen LogP contribution in [0.15, 0.2) is 35.7 Å². The summed E-state index contributed by atoms with van der Waals surface area (Å²) in [6, 6.07) is 10.1. The fourth-order valence-electron chi connectivity index (χ4n) is 1.97. The molecule has 1 N–H and O–H groups in total. The molecule has 3 nitrogen and oxygen atoms in total. The number of benzene rings is 1. The van der Waals surface area contributed by atoms with E-state index in [1.807, 2.05) is 25.2 Å². The molecule has 1 atom stereocenters. The van der Waals surface area contributed by atoms with Crippen LogP contribution in [0.4, 0.5) is 0 Å². The Kier molecular flexibility index (Phi) is 4.23. The summed E-state index contributed by atoms with van der Waals surface area (Å²) in [7, 11) is 5.31. The summed E-state index contributed by atoms with van der Waals surface area (Å²) < 4.78 is 10.7. The first-order chi connectivity index (χ1) is 8.80. The molecular formula is C14H17NO2S. The van der Waals surface area contributed by atoms with Crippen LogP contribution in [0.3, 0.4) is 0 Å². The van der Waals surface area contributed by atoms with E-state index in [-0.39, 0.29) is 6.04 Å². The molecule has 1 aromatic carbocycles. The van der Waals surface area contributed by atoms with Crippen molar-refractivity contribution in [3.05, 3.63) is 46.2 Å². The van der Waals surface area contributed by atoms with Gasteiger partial charge in [-0.3, -0.25) is 0 Å². The van der Waals surface area contributed by atoms with Crippen molar-refractivity contribution in [1.82, 2.24) is 5.32 Å². The summed E-state index contributed by atoms with van der Waals surface area (Å²) in [6.45, 7) is 0. The Morgan fingerprint density at radius 3 is 2.56 bits per heavy atom. The Labute approximate surface area is 111 Å². The minimum Gasteiger partial charge on any atom is -0.497 e. The van der Waals surface area contributed by atoms with Gasteiger partial charge in [-0.1, -0.05) is 6.07 Å². The molecule has 2 aromatic rings. The summed E-state index contributed by atoms with van der Waals surface area (Å²) in [5.74, 6) is 1.70. The van der Waals surface area contributed by atoms with E-state index in [1.165, 1.54) is 4.88 Å². The van der Waals surface area contributed by atoms with Crippen LogP contribution in [0.1, 0.15) is 16.5 Å². The highest BCUT2D eigenvalue weighted by molar-refractivity contribution is 7.10. The molecule has 2 rings (SSSR count). The molecule has 0 saturated carbocycles. The van der Waals surface area contributed by atoms with Crippen LogP contribution in [0.25, 0.3) is 0 Å². The average Bonchev–Trinajstić information content (AvgIpc) is 2.93. The zero-order valence-electron chi connectivity index (χ0n) is 10.8. The summed E-state index contributed by atoms with van der Waals surface area (Å²) >= 11 is 1.72. The Bertz CT molecular complexity index is 497. The average molecular weight is 263 g/mol. The van der Waals surface area contributed by atoms with Crippen molar-refractivity contribution in [3.63, 3.8) is 0 Å². The van der Waals surface area contributed by atoms with Gasteiger partial charge in [-0.25, -0.2) is 0 Å². The minimum absolute atomic E-state index is 0.120. The molecule has 1 aromatic heterocycles. The highest BCUT2D eigenvalue weighted by Gasteiger charge is 2.18. The number of nitrogens with one attached hydrogen (secondary N) is 1. The topological polar surface area (TPSA) is 30.5 Å². The predicted molar refractivity (Wildman–Crippen MR) is 74.8 cm³/mol. The number of methoxy groups -OCH3 is 2. The van der Waals surface area contributed by atoms with Crippen molar-refractivity contribution in [3.8, 4) is 11.5 Å². The van der Waals surface area contributed by atoms with Crippen molar-refractivity contribution in [2.24, 2.45) is 0 Å². The second-order valence-corrected chi connectivity index (χ2v) is 4.82. The van der Waals surface area contributed by atoms with Crippen LogP contribution < -0.4 is 14.8 Å². The van der Waals surface area contributed by atoms with Gasteiger partial charge in [0, 0.05) is 10.4 Å². The molecule has 96 valence electrons. The number of hydrogen-bond acceptors (Lipinski definition) is 4. The fraction of sp³-hybridized carbons (Fsp3) is 0.286. The van der Waals surface area contributed by atoms with Crippen molar-refractivity contribution in [1.29, 1.82) is 0 Å². The molecule has 1 unspecified atom stereocenters. The lowest BCUT2D eigenvalue weighted by Gasteiger charge is -2.19. The standard InChI is InChI=1S/C14H17NO2S/c1-15-14(13-5-4-8-18-13)11-9-10(16-2)6-7-12(11)17-3/h4-9,14-15H,1-3H3. The maximum atomic E-state index is 5.43. The lowest BCUT2D eigenvalue weighted by Crippen LogP contribution is -2.17. The zero-order valence-corrected chi connectivity index (χ0v) is 11.6. The van der Waals surface area contributed by atoms with Crippen molar-refractivity contribution >= 4 is 11.3 Å². The number of hydrogen-bond donors (Lipinski definition) is 1. The first-order valence-electron chi connectivity index (χ1n) is 5.72. The normalized spacial score (nSPS) is 12.2. The van der Waals surface area contributed by atoms with Gasteiger partial charge < -0.3 is 14.8 Å². The highest BCUT2D eigenvalue weighted by atomic mass is 32.1. The third-order valence-electron chi connectivity index (χ3n) is 2.86. The highest BCUT2D eigenvalue weighted by Crippen LogP contribution is 2.34. The molecule has 0 saturated heterocycles. The molecule has 0 amide bonds. The SMILES string of the molecule is CNC(c1cccs1)c1cc(OC)ccc1OC. The second kappa shape index (κ2) is 5.89. The molecule has 1 heterocycles. The van der Waals surface area contributed by atoms with E-state index in [2.05, 4.69) is 22.8 Å². The third-order valence-corrected chi connectivity index (χ3v) is 3.80. The summed E-state index contributed by atoms with van der Waals surface area (Å²) in [6.07, 6.45) is 0. The first kappa shape index (κ1) is 12.9. The Morgan fingerprint density at radius 2 is 2.00 bits per heavy atom. The van der Waals surface area contributed by atoms with E-state index in [0.717, 1.165) is 17.1 Å². The Hall–Kier alpha value is -1.52. The zero-order chi connectivity index (χ0) is 13.0. The molecule has 4 heteroatoms. The molecular weight excluding hydrogens is 246 g/mol. The summed E-state index contributed by atoms with van der Waals surface area (Å²) in [5, 5.41) is 5.40. The Morgan fingerprint density at radius 1 is 1.17 bits per heavy atom. The smallest absolute Gasteiger partial charge is 0.124 e. The van der Waals surface area contributed by atoms with Gasteiger partial charge in [-0.2, -0.15) is 0 Å². The maximum absolute atomic E-state index is 5.43. The monoisotopic (exact) mass is 263 g/mol. The quantitative estimate of drug-likeness (QED) is 0.899. The number of ether oxygens (including phenoxy) is 2. The summed E-state index contributed by atoms with van der Waals surface area (Å²) in [4.78, 5) is 1.25. The molecule has 0 spiro atoms. The van der Waals surface area contributed by atoms with Crippen LogP contribution in [-0.2, 0) is 0 Å². The van der Waals surface area contributed by atoms with Crippen LogP contribution >= 0.6 is 11.3 Å². The van der Waals surface area contributed by atoms with Crippen molar-refractivity contribution in [2.45, 2.75) is 6.04 Å². The molecule has 0 radical (unpaired) electrons. The molecule has 0 fully saturated rings. The van der Waals surface area contributed by atoms with Gasteiger partial charge in [0.25, 0.3) is 0 Å². The fourth-order valence-corrected chi connectivity index (χ4v) is 2.82. The van der Waals surface area contributed by atoms with E-state index in [0.29, 0.717) is 0 Å². The van der Waals surface area contributed by atoms with Gasteiger partial charge in [-0.05, 0) is 36.7 Å². The number of rotatable bonds is 5. The Balaban J connectivity index is 2.46. The number of thiophene rings is 1. The molecule has 0 aliphatic heterocycles. The van der Waals surface area contributed by atoms with Crippen molar-refractivity contribution in [2.75, 3.05) is 21.3 Å². The van der Waals surface area contributed by atoms with Crippen LogP contribution in [0.5, 0.6) is 11.5 Å². The lowest BCUT2D eigenvalue weighted by atomic mass is 10.0. The van der Waals surface area contributed by atoms with E-state index in [1.54, 1.807) is 25.6 Å². The summed E-state index contributed by atoms with van der Waals surface area (Å²) in [5.41, 5.74) is 1.09. The van der Waals surface area contributed by atoms with Crippen LogP contribution in [0.2, 0.25) is 0 Å². The third kappa shape index (κ3) is 2.49. The van der Waals surface area contributed by atoms with Gasteiger partial charge in [0.2, 0.25) is 0 Å². The van der Waals surface area contributed by atoms with Crippen LogP contribution in [0, 0.1) is 0 Å². The van der Waals surface area contributed by atoms with Gasteiger partial charge in [0.1, 0.15) is 11.5 Å². The molecule has 18 heavy (non-hydrogen) atoms. The van der Waals surface area contributed by atoms with E-state index in [4.69, 9.17) is 9.47 Å². The van der Waals surface area contributed by atoms with E-state index in [9.17, 15) is 0 Å². The van der Waals surface area contributed by atoms with E-state index < -0.39 is 0 Å². The molecule has 0 bridgehead atoms. The van der Waals surface area contributed by atoms with E-state index >= 15 is 0 Å². The first-order valence-corrected chi connectivity index (χ1v) is 6.60. The predicted octanol–water partition coefficient (Wildman–Crippen LogP) is 3.07. The lowest BCUT2D eigenvalue weighted by molar-refractivity contribution is 0.395. The second-order valence-electron chi connectivity index (χ2n) is 3.84.